The Morgan fingerprint density at radius 3 is 1.41 bits per heavy atom. The lowest BCUT2D eigenvalue weighted by molar-refractivity contribution is -0.132. The molecule has 70 heavy (non-hydrogen) atoms. The number of hydrogen-bond donors (Lipinski definition) is 2. The Morgan fingerprint density at radius 2 is 1.04 bits per heavy atom. The van der Waals surface area contributed by atoms with E-state index in [1.165, 1.54) is 38.1 Å². The number of aromatic nitrogens is 4. The number of aliphatic hydroxyl groups excluding tert-OH is 1. The van der Waals surface area contributed by atoms with Crippen molar-refractivity contribution in [3.05, 3.63) is 200 Å². The van der Waals surface area contributed by atoms with Gasteiger partial charge in [-0.05, 0) is 72.8 Å². The summed E-state index contributed by atoms with van der Waals surface area (Å²) in [5.41, 5.74) is 2.35. The number of amides is 1. The summed E-state index contributed by atoms with van der Waals surface area (Å²) in [6.07, 6.45) is 6.75. The maximum Gasteiger partial charge on any atom is 0.340 e. The highest BCUT2D eigenvalue weighted by atomic mass is 35.5. The van der Waals surface area contributed by atoms with E-state index in [0.717, 1.165) is 22.8 Å². The highest BCUT2D eigenvalue weighted by Gasteiger charge is 2.56. The highest BCUT2D eigenvalue weighted by molar-refractivity contribution is 6.33. The van der Waals surface area contributed by atoms with Gasteiger partial charge in [-0.2, -0.15) is 0 Å². The van der Waals surface area contributed by atoms with Crippen LogP contribution in [0.15, 0.2) is 128 Å². The minimum Gasteiger partial charge on any atom is -0.455 e. The number of pyridine rings is 4. The summed E-state index contributed by atoms with van der Waals surface area (Å²) in [5, 5.41) is 11.8. The zero-order valence-corrected chi connectivity index (χ0v) is 39.2. The second-order valence-electron chi connectivity index (χ2n) is 16.4. The molecule has 1 amide bonds. The molecule has 0 unspecified atom stereocenters. The topological polar surface area (TPSA) is 195 Å². The van der Waals surface area contributed by atoms with E-state index in [9.17, 15) is 24.3 Å². The van der Waals surface area contributed by atoms with Gasteiger partial charge >= 0.3 is 17.9 Å². The van der Waals surface area contributed by atoms with Crippen LogP contribution in [0, 0.1) is 0 Å². The van der Waals surface area contributed by atoms with Crippen LogP contribution in [0.2, 0.25) is 10.0 Å². The van der Waals surface area contributed by atoms with Crippen molar-refractivity contribution in [1.82, 2.24) is 35.1 Å². The number of carbonyl (C=O) groups is 4. The first kappa shape index (κ1) is 47.5. The maximum atomic E-state index is 14.5. The summed E-state index contributed by atoms with van der Waals surface area (Å²) in [7, 11) is 0. The lowest BCUT2D eigenvalue weighted by Gasteiger charge is -2.40. The van der Waals surface area contributed by atoms with Crippen molar-refractivity contribution >= 4 is 47.0 Å². The monoisotopic (exact) mass is 979 g/mol. The Bertz CT molecular complexity index is 2870. The van der Waals surface area contributed by atoms with E-state index in [0.29, 0.717) is 0 Å². The third-order valence-corrected chi connectivity index (χ3v) is 12.2. The molecule has 0 radical (unpaired) electrons. The van der Waals surface area contributed by atoms with Gasteiger partial charge in [0, 0.05) is 100 Å². The summed E-state index contributed by atoms with van der Waals surface area (Å²) in [5.74, 6) is -2.65. The summed E-state index contributed by atoms with van der Waals surface area (Å²) in [6, 6.07) is 29.8. The number of halogens is 2. The van der Waals surface area contributed by atoms with E-state index >= 15 is 0 Å². The number of fused-ring (bicyclic) bond motifs is 6. The summed E-state index contributed by atoms with van der Waals surface area (Å²) < 4.78 is 25.8. The number of hydrogen-bond acceptors (Lipinski definition) is 15. The van der Waals surface area contributed by atoms with Crippen molar-refractivity contribution in [1.29, 1.82) is 0 Å². The molecule has 16 nitrogen and oxygen atoms in total. The maximum absolute atomic E-state index is 14.5. The van der Waals surface area contributed by atoms with Gasteiger partial charge in [0.15, 0.2) is 17.1 Å². The van der Waals surface area contributed by atoms with E-state index in [1.807, 2.05) is 82.6 Å². The Kier molecular flexibility index (Phi) is 13.9. The summed E-state index contributed by atoms with van der Waals surface area (Å²) >= 11 is 14.5. The molecule has 0 bridgehead atoms. The lowest BCUT2D eigenvalue weighted by Crippen LogP contribution is -2.35. The molecule has 1 spiro atoms. The van der Waals surface area contributed by atoms with Crippen LogP contribution < -0.4 is 19.5 Å². The smallest absolute Gasteiger partial charge is 0.340 e. The molecule has 0 fully saturated rings. The Labute approximate surface area is 411 Å². The molecule has 9 rings (SSSR count). The van der Waals surface area contributed by atoms with Crippen LogP contribution in [0.1, 0.15) is 85.2 Å². The standard InChI is InChI=1S/C52H43Cl2N7O9/c1-31(63)67-48-39(28-60(24-34-11-3-7-17-55-34)25-35-12-4-8-18-56-35)46-42(22-44(48)53)52(41-16-15-33(50(65)59-30-62)21-38(41)51(66)70-52)43-23-45(54)49(68-32(2)64)40(47(43)69-46)29-61(26-36-13-5-9-19-57-36)27-37-14-6-10-20-58-37/h3-23,62H,24-30H2,1-2H3,(H,59,65). The van der Waals surface area contributed by atoms with Gasteiger partial charge in [-0.25, -0.2) is 4.79 Å². The van der Waals surface area contributed by atoms with Gasteiger partial charge in [0.25, 0.3) is 5.91 Å². The molecule has 2 aliphatic heterocycles. The number of rotatable bonds is 16. The summed E-state index contributed by atoms with van der Waals surface area (Å²) in [6.45, 7) is 2.98. The molecule has 4 aromatic heterocycles. The van der Waals surface area contributed by atoms with E-state index in [-0.39, 0.29) is 111 Å². The van der Waals surface area contributed by atoms with Crippen molar-refractivity contribution in [2.45, 2.75) is 58.7 Å². The van der Waals surface area contributed by atoms with Crippen LogP contribution >= 0.6 is 23.2 Å². The molecule has 7 aromatic rings. The first-order valence-corrected chi connectivity index (χ1v) is 22.7. The van der Waals surface area contributed by atoms with E-state index in [1.54, 1.807) is 30.9 Å². The molecule has 0 aliphatic carbocycles. The molecule has 3 aromatic carbocycles. The van der Waals surface area contributed by atoms with Crippen LogP contribution in [0.3, 0.4) is 0 Å². The largest absolute Gasteiger partial charge is 0.455 e. The van der Waals surface area contributed by atoms with Gasteiger partial charge < -0.3 is 29.4 Å². The van der Waals surface area contributed by atoms with Gasteiger partial charge in [0.1, 0.15) is 18.2 Å². The Hall–Kier alpha value is -7.60. The fourth-order valence-electron chi connectivity index (χ4n) is 8.78. The van der Waals surface area contributed by atoms with Gasteiger partial charge in [0.2, 0.25) is 0 Å². The number of nitrogens with zero attached hydrogens (tertiary/aromatic N) is 6. The zero-order chi connectivity index (χ0) is 48.9. The fraction of sp³-hybridized carbons (Fsp3) is 0.192. The van der Waals surface area contributed by atoms with Gasteiger partial charge in [0.05, 0.1) is 49.5 Å². The van der Waals surface area contributed by atoms with Gasteiger partial charge in [-0.1, -0.05) is 53.5 Å². The number of benzene rings is 3. The molecule has 0 saturated heterocycles. The minimum absolute atomic E-state index is 0.00363. The predicted octanol–water partition coefficient (Wildman–Crippen LogP) is 8.08. The quantitative estimate of drug-likeness (QED) is 0.0536. The van der Waals surface area contributed by atoms with Crippen LogP contribution in [0.25, 0.3) is 0 Å². The molecular weight excluding hydrogens is 938 g/mol. The lowest BCUT2D eigenvalue weighted by atomic mass is 9.76. The van der Waals surface area contributed by atoms with Crippen LogP contribution in [-0.4, -0.2) is 65.4 Å². The number of ether oxygens (including phenoxy) is 4. The van der Waals surface area contributed by atoms with Crippen molar-refractivity contribution in [3.63, 3.8) is 0 Å². The van der Waals surface area contributed by atoms with Crippen molar-refractivity contribution in [3.8, 4) is 23.0 Å². The molecule has 354 valence electrons. The SMILES string of the molecule is CC(=O)Oc1c(Cl)cc2c(c1CN(Cc1ccccn1)Cc1ccccn1)Oc1c(cc(Cl)c(OC(C)=O)c1CN(Cc1ccccn1)Cc1ccccn1)C21OC(=O)c2cc(C(=O)NCO)ccc21. The highest BCUT2D eigenvalue weighted by Crippen LogP contribution is 2.61. The van der Waals surface area contributed by atoms with Gasteiger partial charge in [-0.3, -0.25) is 44.1 Å². The molecular formula is C52H43Cl2N7O9. The minimum atomic E-state index is -1.92. The molecule has 0 saturated carbocycles. The number of nitrogens with one attached hydrogen (secondary N) is 1. The first-order valence-electron chi connectivity index (χ1n) is 22.0. The van der Waals surface area contributed by atoms with Crippen molar-refractivity contribution in [2.75, 3.05) is 6.73 Å². The van der Waals surface area contributed by atoms with Crippen molar-refractivity contribution in [2.24, 2.45) is 0 Å². The van der Waals surface area contributed by atoms with Crippen LogP contribution in [0.4, 0.5) is 0 Å². The second-order valence-corrected chi connectivity index (χ2v) is 17.3. The number of esters is 3. The molecule has 0 atom stereocenters. The average Bonchev–Trinajstić information content (AvgIpc) is 3.64. The van der Waals surface area contributed by atoms with E-state index in [2.05, 4.69) is 25.3 Å². The number of aliphatic hydroxyl groups is 1. The van der Waals surface area contributed by atoms with E-state index in [4.69, 9.17) is 42.1 Å². The molecule has 2 aliphatic rings. The predicted molar refractivity (Wildman–Crippen MR) is 255 cm³/mol. The molecule has 6 heterocycles. The Morgan fingerprint density at radius 1 is 0.614 bits per heavy atom. The third kappa shape index (κ3) is 9.81. The molecule has 2 N–H and O–H groups in total. The fourth-order valence-corrected chi connectivity index (χ4v) is 9.31. The van der Waals surface area contributed by atoms with Crippen LogP contribution in [-0.2, 0) is 59.2 Å². The zero-order valence-electron chi connectivity index (χ0n) is 37.7. The first-order chi connectivity index (χ1) is 33.9. The van der Waals surface area contributed by atoms with Crippen LogP contribution in [0.5, 0.6) is 23.0 Å². The molecule has 18 heteroatoms. The second kappa shape index (κ2) is 20.6. The van der Waals surface area contributed by atoms with Gasteiger partial charge in [-0.15, -0.1) is 0 Å². The Balaban J connectivity index is 1.32. The average molecular weight is 981 g/mol. The number of carbonyl (C=O) groups excluding carboxylic acids is 4. The third-order valence-electron chi connectivity index (χ3n) is 11.6. The van der Waals surface area contributed by atoms with E-state index < -0.39 is 36.1 Å². The normalized spacial score (nSPS) is 13.0. The summed E-state index contributed by atoms with van der Waals surface area (Å²) in [4.78, 5) is 76.1. The van der Waals surface area contributed by atoms with Crippen molar-refractivity contribution < 1.29 is 43.2 Å².